The molecule has 90 valence electrons. The van der Waals surface area contributed by atoms with Crippen molar-refractivity contribution in [2.75, 3.05) is 6.54 Å². The smallest absolute Gasteiger partial charge is 0.307 e. The average Bonchev–Trinajstić information content (AvgIpc) is 2.61. The van der Waals surface area contributed by atoms with E-state index in [9.17, 15) is 13.2 Å². The minimum absolute atomic E-state index is 0.118. The molecule has 0 radical (unpaired) electrons. The summed E-state index contributed by atoms with van der Waals surface area (Å²) in [5.74, 6) is -1.78. The molecule has 1 atom stereocenters. The highest BCUT2D eigenvalue weighted by Crippen LogP contribution is 2.08. The number of aromatic nitrogens is 1. The molecule has 1 rings (SSSR count). The van der Waals surface area contributed by atoms with Gasteiger partial charge in [0.15, 0.2) is 0 Å². The third-order valence-corrected chi connectivity index (χ3v) is 3.53. The van der Waals surface area contributed by atoms with Crippen molar-refractivity contribution in [1.82, 2.24) is 9.29 Å². The van der Waals surface area contributed by atoms with Crippen molar-refractivity contribution < 1.29 is 18.3 Å². The van der Waals surface area contributed by atoms with Crippen molar-refractivity contribution >= 4 is 16.0 Å². The standard InChI is InChI=1S/C9H14N2O4S/c1-7(9(12)13)5-10-16(14,15)8-3-4-11(2)6-8/h3-4,6-7,10H,5H2,1-2H3,(H,12,13). The summed E-state index contributed by atoms with van der Waals surface area (Å²) in [5.41, 5.74) is 0. The summed E-state index contributed by atoms with van der Waals surface area (Å²) in [4.78, 5) is 10.6. The molecule has 0 fully saturated rings. The van der Waals surface area contributed by atoms with E-state index in [0.717, 1.165) is 0 Å². The van der Waals surface area contributed by atoms with E-state index in [4.69, 9.17) is 5.11 Å². The van der Waals surface area contributed by atoms with Gasteiger partial charge in [-0.3, -0.25) is 4.79 Å². The summed E-state index contributed by atoms with van der Waals surface area (Å²) < 4.78 is 27.2. The van der Waals surface area contributed by atoms with E-state index in [1.54, 1.807) is 17.8 Å². The predicted molar refractivity (Wildman–Crippen MR) is 57.4 cm³/mol. The lowest BCUT2D eigenvalue weighted by molar-refractivity contribution is -0.140. The van der Waals surface area contributed by atoms with E-state index in [0.29, 0.717) is 0 Å². The predicted octanol–water partition coefficient (Wildman–Crippen LogP) is 0.0241. The van der Waals surface area contributed by atoms with Gasteiger partial charge in [-0.05, 0) is 6.07 Å². The fourth-order valence-corrected chi connectivity index (χ4v) is 2.22. The summed E-state index contributed by atoms with van der Waals surface area (Å²) in [6.45, 7) is 1.32. The Bertz CT molecular complexity index is 477. The van der Waals surface area contributed by atoms with Gasteiger partial charge in [-0.1, -0.05) is 6.92 Å². The summed E-state index contributed by atoms with van der Waals surface area (Å²) in [6.07, 6.45) is 3.06. The quantitative estimate of drug-likeness (QED) is 0.766. The van der Waals surface area contributed by atoms with Crippen LogP contribution in [0.5, 0.6) is 0 Å². The number of carboxylic acids is 1. The highest BCUT2D eigenvalue weighted by molar-refractivity contribution is 7.89. The maximum absolute atomic E-state index is 11.7. The van der Waals surface area contributed by atoms with E-state index in [2.05, 4.69) is 4.72 Å². The van der Waals surface area contributed by atoms with Gasteiger partial charge in [0.25, 0.3) is 0 Å². The molecule has 0 aliphatic rings. The lowest BCUT2D eigenvalue weighted by atomic mass is 10.2. The number of nitrogens with one attached hydrogen (secondary N) is 1. The Morgan fingerprint density at radius 2 is 2.25 bits per heavy atom. The van der Waals surface area contributed by atoms with Crippen molar-refractivity contribution in [2.45, 2.75) is 11.8 Å². The fraction of sp³-hybridized carbons (Fsp3) is 0.444. The van der Waals surface area contributed by atoms with E-state index in [1.165, 1.54) is 19.2 Å². The zero-order chi connectivity index (χ0) is 12.3. The summed E-state index contributed by atoms with van der Waals surface area (Å²) in [5, 5.41) is 8.61. The SMILES string of the molecule is CC(CNS(=O)(=O)c1ccn(C)c1)C(=O)O. The van der Waals surface area contributed by atoms with Gasteiger partial charge in [-0.25, -0.2) is 13.1 Å². The van der Waals surface area contributed by atoms with Crippen LogP contribution >= 0.6 is 0 Å². The summed E-state index contributed by atoms with van der Waals surface area (Å²) in [7, 11) is -1.89. The van der Waals surface area contributed by atoms with Gasteiger partial charge in [-0.15, -0.1) is 0 Å². The molecule has 0 saturated carbocycles. The third-order valence-electron chi connectivity index (χ3n) is 2.12. The zero-order valence-corrected chi connectivity index (χ0v) is 9.86. The Labute approximate surface area is 93.9 Å². The van der Waals surface area contributed by atoms with Crippen LogP contribution in [0.25, 0.3) is 0 Å². The van der Waals surface area contributed by atoms with Crippen LogP contribution in [0, 0.1) is 5.92 Å². The average molecular weight is 246 g/mol. The zero-order valence-electron chi connectivity index (χ0n) is 9.04. The molecule has 6 nitrogen and oxygen atoms in total. The van der Waals surface area contributed by atoms with Crippen molar-refractivity contribution in [2.24, 2.45) is 13.0 Å². The fourth-order valence-electron chi connectivity index (χ4n) is 1.04. The van der Waals surface area contributed by atoms with Gasteiger partial charge in [0.2, 0.25) is 10.0 Å². The number of aliphatic carboxylic acids is 1. The maximum atomic E-state index is 11.7. The Hall–Kier alpha value is -1.34. The van der Waals surface area contributed by atoms with Crippen molar-refractivity contribution in [3.63, 3.8) is 0 Å². The number of sulfonamides is 1. The number of carboxylic acid groups (broad SMARTS) is 1. The molecule has 1 unspecified atom stereocenters. The van der Waals surface area contributed by atoms with Crippen LogP contribution in [-0.4, -0.2) is 30.6 Å². The summed E-state index contributed by atoms with van der Waals surface area (Å²) >= 11 is 0. The summed E-state index contributed by atoms with van der Waals surface area (Å²) in [6, 6.07) is 1.45. The Balaban J connectivity index is 2.70. The van der Waals surface area contributed by atoms with Gasteiger partial charge < -0.3 is 9.67 Å². The molecule has 7 heteroatoms. The number of rotatable bonds is 5. The number of nitrogens with zero attached hydrogens (tertiary/aromatic N) is 1. The van der Waals surface area contributed by atoms with Gasteiger partial charge in [0, 0.05) is 26.0 Å². The molecule has 16 heavy (non-hydrogen) atoms. The molecular weight excluding hydrogens is 232 g/mol. The van der Waals surface area contributed by atoms with Crippen LogP contribution in [0.2, 0.25) is 0 Å². The molecule has 0 saturated heterocycles. The highest BCUT2D eigenvalue weighted by atomic mass is 32.2. The van der Waals surface area contributed by atoms with E-state index in [-0.39, 0.29) is 11.4 Å². The van der Waals surface area contributed by atoms with Crippen LogP contribution in [0.4, 0.5) is 0 Å². The first-order chi connectivity index (χ1) is 7.33. The van der Waals surface area contributed by atoms with Gasteiger partial charge >= 0.3 is 5.97 Å². The molecule has 0 aromatic carbocycles. The number of hydrogen-bond donors (Lipinski definition) is 2. The van der Waals surface area contributed by atoms with Gasteiger partial charge in [-0.2, -0.15) is 0 Å². The van der Waals surface area contributed by atoms with E-state index in [1.807, 2.05) is 0 Å². The van der Waals surface area contributed by atoms with Crippen LogP contribution < -0.4 is 4.72 Å². The van der Waals surface area contributed by atoms with Crippen LogP contribution in [0.3, 0.4) is 0 Å². The van der Waals surface area contributed by atoms with Crippen LogP contribution in [0.1, 0.15) is 6.92 Å². The second kappa shape index (κ2) is 4.67. The molecule has 1 heterocycles. The minimum atomic E-state index is -3.60. The number of aryl methyl sites for hydroxylation is 1. The van der Waals surface area contributed by atoms with Gasteiger partial charge in [0.05, 0.1) is 10.8 Å². The molecule has 1 aromatic rings. The molecule has 2 N–H and O–H groups in total. The van der Waals surface area contributed by atoms with Crippen LogP contribution in [0.15, 0.2) is 23.4 Å². The first-order valence-corrected chi connectivity index (χ1v) is 6.15. The normalized spacial score (nSPS) is 13.6. The van der Waals surface area contributed by atoms with Crippen LogP contribution in [-0.2, 0) is 21.9 Å². The molecule has 0 aliphatic carbocycles. The molecule has 0 amide bonds. The van der Waals surface area contributed by atoms with Gasteiger partial charge in [0.1, 0.15) is 0 Å². The molecule has 1 aromatic heterocycles. The van der Waals surface area contributed by atoms with E-state index < -0.39 is 21.9 Å². The molecule has 0 spiro atoms. The second-order valence-electron chi connectivity index (χ2n) is 3.60. The van der Waals surface area contributed by atoms with Crippen molar-refractivity contribution in [3.05, 3.63) is 18.5 Å². The number of hydrogen-bond acceptors (Lipinski definition) is 3. The number of carbonyl (C=O) groups is 1. The molecule has 0 aliphatic heterocycles. The topological polar surface area (TPSA) is 88.4 Å². The van der Waals surface area contributed by atoms with Crippen molar-refractivity contribution in [3.8, 4) is 0 Å². The lowest BCUT2D eigenvalue weighted by Crippen LogP contribution is -2.31. The first kappa shape index (κ1) is 12.7. The Morgan fingerprint density at radius 3 is 2.69 bits per heavy atom. The van der Waals surface area contributed by atoms with Crippen molar-refractivity contribution in [1.29, 1.82) is 0 Å². The monoisotopic (exact) mass is 246 g/mol. The minimum Gasteiger partial charge on any atom is -0.481 e. The maximum Gasteiger partial charge on any atom is 0.307 e. The Morgan fingerprint density at radius 1 is 1.62 bits per heavy atom. The largest absolute Gasteiger partial charge is 0.481 e. The second-order valence-corrected chi connectivity index (χ2v) is 5.37. The lowest BCUT2D eigenvalue weighted by Gasteiger charge is -2.07. The first-order valence-electron chi connectivity index (χ1n) is 4.67. The third kappa shape index (κ3) is 3.07. The molecular formula is C9H14N2O4S. The molecule has 0 bridgehead atoms. The van der Waals surface area contributed by atoms with E-state index >= 15 is 0 Å². The Kier molecular flexibility index (Phi) is 3.71. The highest BCUT2D eigenvalue weighted by Gasteiger charge is 2.18.